The molecule has 0 aliphatic carbocycles. The van der Waals surface area contributed by atoms with Crippen molar-refractivity contribution in [1.82, 2.24) is 25.2 Å². The van der Waals surface area contributed by atoms with Crippen LogP contribution >= 0.6 is 22.9 Å². The molecular formula is C21H20ClN5O3S. The summed E-state index contributed by atoms with van der Waals surface area (Å²) in [5.74, 6) is 1.57. The molecule has 0 N–H and O–H groups in total. The summed E-state index contributed by atoms with van der Waals surface area (Å²) in [6.45, 7) is 4.08. The number of hydrogen-bond donors (Lipinski definition) is 0. The van der Waals surface area contributed by atoms with E-state index in [1.54, 1.807) is 17.0 Å². The lowest BCUT2D eigenvalue weighted by Crippen LogP contribution is -2.36. The molecule has 0 spiro atoms. The van der Waals surface area contributed by atoms with Gasteiger partial charge < -0.3 is 13.8 Å². The molecule has 8 nitrogen and oxygen atoms in total. The number of aromatic nitrogens is 4. The summed E-state index contributed by atoms with van der Waals surface area (Å²) in [6.07, 6.45) is 0.588. The van der Waals surface area contributed by atoms with Crippen molar-refractivity contribution in [2.24, 2.45) is 0 Å². The van der Waals surface area contributed by atoms with E-state index in [9.17, 15) is 4.79 Å². The van der Waals surface area contributed by atoms with Crippen LogP contribution in [0.25, 0.3) is 22.2 Å². The third kappa shape index (κ3) is 5.00. The summed E-state index contributed by atoms with van der Waals surface area (Å²) in [5, 5.41) is 14.6. The maximum Gasteiger partial charge on any atom is 0.249 e. The van der Waals surface area contributed by atoms with Crippen LogP contribution < -0.4 is 0 Å². The van der Waals surface area contributed by atoms with Gasteiger partial charge in [0.15, 0.2) is 0 Å². The first-order chi connectivity index (χ1) is 15.0. The number of benzene rings is 1. The molecule has 31 heavy (non-hydrogen) atoms. The molecule has 3 heterocycles. The van der Waals surface area contributed by atoms with E-state index in [-0.39, 0.29) is 24.9 Å². The smallest absolute Gasteiger partial charge is 0.249 e. The zero-order valence-electron chi connectivity index (χ0n) is 17.0. The predicted molar refractivity (Wildman–Crippen MR) is 116 cm³/mol. The lowest BCUT2D eigenvalue weighted by atomic mass is 10.2. The SMILES string of the molecule is CC(C)N(Cc1nnc(-c2ccccc2Cl)o1)C(=O)CCc1nc(-c2cccs2)no1. The monoisotopic (exact) mass is 457 g/mol. The van der Waals surface area contributed by atoms with Gasteiger partial charge in [-0.2, -0.15) is 4.98 Å². The van der Waals surface area contributed by atoms with Crippen molar-refractivity contribution in [3.63, 3.8) is 0 Å². The van der Waals surface area contributed by atoms with E-state index in [1.165, 1.54) is 11.3 Å². The van der Waals surface area contributed by atoms with Gasteiger partial charge in [-0.1, -0.05) is 35.0 Å². The number of carbonyl (C=O) groups is 1. The van der Waals surface area contributed by atoms with E-state index in [0.717, 1.165) is 4.88 Å². The van der Waals surface area contributed by atoms with Crippen molar-refractivity contribution < 1.29 is 13.7 Å². The van der Waals surface area contributed by atoms with Gasteiger partial charge in [-0.05, 0) is 37.4 Å². The Morgan fingerprint density at radius 1 is 1.16 bits per heavy atom. The highest BCUT2D eigenvalue weighted by molar-refractivity contribution is 7.13. The van der Waals surface area contributed by atoms with E-state index in [0.29, 0.717) is 40.5 Å². The van der Waals surface area contributed by atoms with E-state index in [4.69, 9.17) is 20.5 Å². The van der Waals surface area contributed by atoms with Crippen LogP contribution in [0.4, 0.5) is 0 Å². The Labute approximate surface area is 187 Å². The number of halogens is 1. The van der Waals surface area contributed by atoms with Gasteiger partial charge in [-0.3, -0.25) is 4.79 Å². The summed E-state index contributed by atoms with van der Waals surface area (Å²) in [4.78, 5) is 19.8. The van der Waals surface area contributed by atoms with Crippen LogP contribution in [0.15, 0.2) is 50.7 Å². The molecule has 0 aliphatic rings. The quantitative estimate of drug-likeness (QED) is 0.372. The van der Waals surface area contributed by atoms with Gasteiger partial charge in [-0.15, -0.1) is 21.5 Å². The number of hydrogen-bond acceptors (Lipinski definition) is 8. The van der Waals surface area contributed by atoms with Gasteiger partial charge >= 0.3 is 0 Å². The summed E-state index contributed by atoms with van der Waals surface area (Å²) >= 11 is 7.73. The average Bonchev–Trinajstić information content (AvgIpc) is 3.52. The van der Waals surface area contributed by atoms with Crippen LogP contribution in [0.3, 0.4) is 0 Å². The number of nitrogens with zero attached hydrogens (tertiary/aromatic N) is 5. The second-order valence-electron chi connectivity index (χ2n) is 7.09. The first-order valence-corrected chi connectivity index (χ1v) is 11.0. The molecule has 0 unspecified atom stereocenters. The minimum absolute atomic E-state index is 0.0486. The molecule has 0 saturated heterocycles. The Kier molecular flexibility index (Phi) is 6.43. The average molecular weight is 458 g/mol. The van der Waals surface area contributed by atoms with Crippen molar-refractivity contribution in [3.8, 4) is 22.2 Å². The van der Waals surface area contributed by atoms with E-state index in [1.807, 2.05) is 43.5 Å². The third-order valence-electron chi connectivity index (χ3n) is 4.58. The summed E-state index contributed by atoms with van der Waals surface area (Å²) in [5.41, 5.74) is 0.656. The Bertz CT molecular complexity index is 1160. The van der Waals surface area contributed by atoms with E-state index >= 15 is 0 Å². The normalized spacial score (nSPS) is 11.2. The van der Waals surface area contributed by atoms with Gasteiger partial charge in [0.2, 0.25) is 29.4 Å². The number of amides is 1. The minimum atomic E-state index is -0.0663. The van der Waals surface area contributed by atoms with Gasteiger partial charge in [0, 0.05) is 18.9 Å². The Morgan fingerprint density at radius 2 is 2.00 bits per heavy atom. The van der Waals surface area contributed by atoms with Crippen molar-refractivity contribution in [2.45, 2.75) is 39.3 Å². The Hall–Kier alpha value is -3.04. The fourth-order valence-electron chi connectivity index (χ4n) is 2.99. The predicted octanol–water partition coefficient (Wildman–Crippen LogP) is 4.87. The molecule has 3 aromatic heterocycles. The van der Waals surface area contributed by atoms with Crippen LogP contribution in [0, 0.1) is 0 Å². The number of thiophene rings is 1. The van der Waals surface area contributed by atoms with Crippen LogP contribution in [-0.2, 0) is 17.8 Å². The van der Waals surface area contributed by atoms with Crippen molar-refractivity contribution in [1.29, 1.82) is 0 Å². The second kappa shape index (κ2) is 9.40. The lowest BCUT2D eigenvalue weighted by molar-refractivity contribution is -0.134. The summed E-state index contributed by atoms with van der Waals surface area (Å²) in [6, 6.07) is 11.0. The molecular weight excluding hydrogens is 438 g/mol. The zero-order valence-corrected chi connectivity index (χ0v) is 18.6. The van der Waals surface area contributed by atoms with Gasteiger partial charge in [0.1, 0.15) is 0 Å². The highest BCUT2D eigenvalue weighted by Gasteiger charge is 2.22. The first-order valence-electron chi connectivity index (χ1n) is 9.74. The first kappa shape index (κ1) is 21.2. The van der Waals surface area contributed by atoms with Crippen LogP contribution in [0.2, 0.25) is 5.02 Å². The molecule has 0 radical (unpaired) electrons. The molecule has 0 atom stereocenters. The van der Waals surface area contributed by atoms with Crippen LogP contribution in [-0.4, -0.2) is 37.2 Å². The molecule has 0 aliphatic heterocycles. The molecule has 1 aromatic carbocycles. The van der Waals surface area contributed by atoms with Crippen molar-refractivity contribution in [3.05, 3.63) is 58.6 Å². The Balaban J connectivity index is 1.40. The third-order valence-corrected chi connectivity index (χ3v) is 5.78. The molecule has 0 saturated carbocycles. The molecule has 10 heteroatoms. The fraction of sp³-hybridized carbons (Fsp3) is 0.286. The van der Waals surface area contributed by atoms with E-state index < -0.39 is 0 Å². The zero-order chi connectivity index (χ0) is 21.8. The summed E-state index contributed by atoms with van der Waals surface area (Å²) in [7, 11) is 0. The number of carbonyl (C=O) groups excluding carboxylic acids is 1. The topological polar surface area (TPSA) is 98.2 Å². The molecule has 0 bridgehead atoms. The fourth-order valence-corrected chi connectivity index (χ4v) is 3.85. The number of rotatable bonds is 8. The van der Waals surface area contributed by atoms with Crippen LogP contribution in [0.5, 0.6) is 0 Å². The molecule has 4 aromatic rings. The maximum absolute atomic E-state index is 12.9. The molecule has 160 valence electrons. The Morgan fingerprint density at radius 3 is 2.74 bits per heavy atom. The standard InChI is InChI=1S/C21H20ClN5O3S/c1-13(2)27(12-18-24-25-21(29-18)14-6-3-4-7-15(14)22)19(28)10-9-17-23-20(26-30-17)16-8-5-11-31-16/h3-8,11,13H,9-10,12H2,1-2H3. The highest BCUT2D eigenvalue weighted by Crippen LogP contribution is 2.27. The van der Waals surface area contributed by atoms with Gasteiger partial charge in [0.25, 0.3) is 0 Å². The van der Waals surface area contributed by atoms with Crippen LogP contribution in [0.1, 0.15) is 32.0 Å². The molecule has 1 amide bonds. The van der Waals surface area contributed by atoms with Gasteiger partial charge in [0.05, 0.1) is 22.0 Å². The van der Waals surface area contributed by atoms with E-state index in [2.05, 4.69) is 20.3 Å². The number of aryl methyl sites for hydroxylation is 1. The molecule has 4 rings (SSSR count). The minimum Gasteiger partial charge on any atom is -0.419 e. The van der Waals surface area contributed by atoms with Gasteiger partial charge in [-0.25, -0.2) is 0 Å². The highest BCUT2D eigenvalue weighted by atomic mass is 35.5. The summed E-state index contributed by atoms with van der Waals surface area (Å²) < 4.78 is 11.0. The van der Waals surface area contributed by atoms with Crippen molar-refractivity contribution >= 4 is 28.8 Å². The maximum atomic E-state index is 12.9. The lowest BCUT2D eigenvalue weighted by Gasteiger charge is -2.25. The largest absolute Gasteiger partial charge is 0.419 e. The van der Waals surface area contributed by atoms with Crippen molar-refractivity contribution in [2.75, 3.05) is 0 Å². The molecule has 0 fully saturated rings. The second-order valence-corrected chi connectivity index (χ2v) is 8.44.